The van der Waals surface area contributed by atoms with Crippen molar-refractivity contribution in [3.63, 3.8) is 0 Å². The summed E-state index contributed by atoms with van der Waals surface area (Å²) in [5.41, 5.74) is -0.132. The summed E-state index contributed by atoms with van der Waals surface area (Å²) in [4.78, 5) is 13.8. The number of ether oxygens (including phenoxy) is 1. The number of hydrogen-bond acceptors (Lipinski definition) is 4. The highest BCUT2D eigenvalue weighted by atomic mass is 16.5. The molecule has 0 aromatic rings. The van der Waals surface area contributed by atoms with Crippen molar-refractivity contribution in [3.8, 4) is 0 Å². The van der Waals surface area contributed by atoms with Crippen LogP contribution in [0.15, 0.2) is 0 Å². The van der Waals surface area contributed by atoms with Crippen LogP contribution in [0.1, 0.15) is 26.7 Å². The van der Waals surface area contributed by atoms with E-state index in [2.05, 4.69) is 24.1 Å². The molecule has 2 aliphatic rings. The largest absolute Gasteiger partial charge is 0.394 e. The SMILES string of the molecule is CC1(C)CNC(=O)C(CO)N1CC1CCCO1. The Morgan fingerprint density at radius 1 is 1.59 bits per heavy atom. The minimum atomic E-state index is -0.442. The molecular formula is C12H22N2O3. The smallest absolute Gasteiger partial charge is 0.239 e. The van der Waals surface area contributed by atoms with Crippen molar-refractivity contribution in [1.82, 2.24) is 10.2 Å². The lowest BCUT2D eigenvalue weighted by Gasteiger charge is -2.47. The highest BCUT2D eigenvalue weighted by Gasteiger charge is 2.42. The third-order valence-electron chi connectivity index (χ3n) is 3.75. The molecule has 0 spiro atoms. The minimum absolute atomic E-state index is 0.0789. The standard InChI is InChI=1S/C12H22N2O3/c1-12(2)8-13-11(16)10(7-15)14(12)6-9-4-3-5-17-9/h9-10,15H,3-8H2,1-2H3,(H,13,16). The molecule has 0 aromatic carbocycles. The monoisotopic (exact) mass is 242 g/mol. The van der Waals surface area contributed by atoms with Crippen LogP contribution in [-0.4, -0.2) is 59.9 Å². The molecule has 2 N–H and O–H groups in total. The summed E-state index contributed by atoms with van der Waals surface area (Å²) in [6, 6.07) is -0.442. The zero-order valence-electron chi connectivity index (χ0n) is 10.6. The van der Waals surface area contributed by atoms with E-state index in [0.29, 0.717) is 6.54 Å². The van der Waals surface area contributed by atoms with Gasteiger partial charge in [0, 0.05) is 25.2 Å². The van der Waals surface area contributed by atoms with Crippen LogP contribution < -0.4 is 5.32 Å². The summed E-state index contributed by atoms with van der Waals surface area (Å²) in [6.07, 6.45) is 2.34. The summed E-state index contributed by atoms with van der Waals surface area (Å²) < 4.78 is 5.62. The molecule has 2 saturated heterocycles. The maximum absolute atomic E-state index is 11.7. The van der Waals surface area contributed by atoms with Crippen LogP contribution >= 0.6 is 0 Å². The van der Waals surface area contributed by atoms with Crippen LogP contribution in [-0.2, 0) is 9.53 Å². The topological polar surface area (TPSA) is 61.8 Å². The second-order valence-electron chi connectivity index (χ2n) is 5.52. The molecule has 0 aromatic heterocycles. The molecule has 98 valence electrons. The zero-order valence-corrected chi connectivity index (χ0v) is 10.6. The van der Waals surface area contributed by atoms with Crippen molar-refractivity contribution in [2.45, 2.75) is 44.4 Å². The highest BCUT2D eigenvalue weighted by molar-refractivity contribution is 5.83. The van der Waals surface area contributed by atoms with Crippen molar-refractivity contribution in [3.05, 3.63) is 0 Å². The average Bonchev–Trinajstić information content (AvgIpc) is 2.77. The summed E-state index contributed by atoms with van der Waals surface area (Å²) in [7, 11) is 0. The number of piperazine rings is 1. The molecule has 1 amide bonds. The van der Waals surface area contributed by atoms with E-state index in [0.717, 1.165) is 26.0 Å². The molecule has 0 radical (unpaired) electrons. The van der Waals surface area contributed by atoms with E-state index in [1.54, 1.807) is 0 Å². The van der Waals surface area contributed by atoms with Gasteiger partial charge < -0.3 is 15.2 Å². The van der Waals surface area contributed by atoms with Crippen molar-refractivity contribution in [2.24, 2.45) is 0 Å². The summed E-state index contributed by atoms with van der Waals surface area (Å²) in [5, 5.41) is 12.2. The zero-order chi connectivity index (χ0) is 12.5. The van der Waals surface area contributed by atoms with Crippen LogP contribution in [0.2, 0.25) is 0 Å². The van der Waals surface area contributed by atoms with Crippen molar-refractivity contribution < 1.29 is 14.6 Å². The third-order valence-corrected chi connectivity index (χ3v) is 3.75. The number of nitrogens with one attached hydrogen (secondary N) is 1. The summed E-state index contributed by atoms with van der Waals surface area (Å²) >= 11 is 0. The van der Waals surface area contributed by atoms with Gasteiger partial charge in [-0.25, -0.2) is 0 Å². The van der Waals surface area contributed by atoms with E-state index < -0.39 is 6.04 Å². The predicted octanol–water partition coefficient (Wildman–Crippen LogP) is -0.263. The fourth-order valence-electron chi connectivity index (χ4n) is 2.65. The molecule has 2 rings (SSSR count). The fourth-order valence-corrected chi connectivity index (χ4v) is 2.65. The first kappa shape index (κ1) is 12.8. The first-order valence-electron chi connectivity index (χ1n) is 6.31. The Labute approximate surface area is 102 Å². The van der Waals surface area contributed by atoms with Gasteiger partial charge in [-0.2, -0.15) is 0 Å². The Hall–Kier alpha value is -0.650. The number of nitrogens with zero attached hydrogens (tertiary/aromatic N) is 1. The molecule has 2 fully saturated rings. The number of carbonyl (C=O) groups excluding carboxylic acids is 1. The van der Waals surface area contributed by atoms with Gasteiger partial charge in [0.1, 0.15) is 6.04 Å². The molecule has 2 heterocycles. The number of hydrogen-bond donors (Lipinski definition) is 2. The molecule has 5 nitrogen and oxygen atoms in total. The Balaban J connectivity index is 2.09. The van der Waals surface area contributed by atoms with Gasteiger partial charge in [0.15, 0.2) is 0 Å². The van der Waals surface area contributed by atoms with E-state index in [4.69, 9.17) is 4.74 Å². The normalized spacial score (nSPS) is 33.7. The lowest BCUT2D eigenvalue weighted by Crippen LogP contribution is -2.67. The fraction of sp³-hybridized carbons (Fsp3) is 0.917. The first-order chi connectivity index (χ1) is 8.04. The predicted molar refractivity (Wildman–Crippen MR) is 63.6 cm³/mol. The molecule has 0 saturated carbocycles. The number of aliphatic hydroxyl groups excluding tert-OH is 1. The maximum Gasteiger partial charge on any atom is 0.239 e. The maximum atomic E-state index is 11.7. The van der Waals surface area contributed by atoms with Crippen LogP contribution in [0.3, 0.4) is 0 Å². The quantitative estimate of drug-likeness (QED) is 0.715. The van der Waals surface area contributed by atoms with E-state index in [1.165, 1.54) is 0 Å². The van der Waals surface area contributed by atoms with Gasteiger partial charge in [-0.15, -0.1) is 0 Å². The minimum Gasteiger partial charge on any atom is -0.394 e. The molecule has 5 heteroatoms. The number of amides is 1. The van der Waals surface area contributed by atoms with Gasteiger partial charge in [-0.05, 0) is 26.7 Å². The number of aliphatic hydroxyl groups is 1. The van der Waals surface area contributed by atoms with E-state index in [-0.39, 0.29) is 24.2 Å². The highest BCUT2D eigenvalue weighted by Crippen LogP contribution is 2.24. The molecular weight excluding hydrogens is 220 g/mol. The lowest BCUT2D eigenvalue weighted by atomic mass is 9.95. The van der Waals surface area contributed by atoms with Crippen LogP contribution in [0.4, 0.5) is 0 Å². The third kappa shape index (κ3) is 2.61. The Kier molecular flexibility index (Phi) is 3.70. The van der Waals surface area contributed by atoms with E-state index in [9.17, 15) is 9.90 Å². The Morgan fingerprint density at radius 2 is 2.35 bits per heavy atom. The first-order valence-corrected chi connectivity index (χ1v) is 6.31. The number of rotatable bonds is 3. The van der Waals surface area contributed by atoms with Crippen molar-refractivity contribution in [2.75, 3.05) is 26.3 Å². The molecule has 2 aliphatic heterocycles. The molecule has 0 bridgehead atoms. The van der Waals surface area contributed by atoms with Crippen molar-refractivity contribution in [1.29, 1.82) is 0 Å². The van der Waals surface area contributed by atoms with Gasteiger partial charge >= 0.3 is 0 Å². The van der Waals surface area contributed by atoms with Crippen LogP contribution in [0.5, 0.6) is 0 Å². The Morgan fingerprint density at radius 3 is 2.94 bits per heavy atom. The molecule has 2 unspecified atom stereocenters. The van der Waals surface area contributed by atoms with Crippen LogP contribution in [0.25, 0.3) is 0 Å². The van der Waals surface area contributed by atoms with Gasteiger partial charge in [-0.1, -0.05) is 0 Å². The second-order valence-corrected chi connectivity index (χ2v) is 5.52. The molecule has 0 aliphatic carbocycles. The molecule has 2 atom stereocenters. The lowest BCUT2D eigenvalue weighted by molar-refractivity contribution is -0.138. The van der Waals surface area contributed by atoms with Crippen LogP contribution in [0, 0.1) is 0 Å². The van der Waals surface area contributed by atoms with E-state index >= 15 is 0 Å². The summed E-state index contributed by atoms with van der Waals surface area (Å²) in [5.74, 6) is -0.0789. The van der Waals surface area contributed by atoms with Gasteiger partial charge in [-0.3, -0.25) is 9.69 Å². The summed E-state index contributed by atoms with van der Waals surface area (Å²) in [6.45, 7) is 6.20. The van der Waals surface area contributed by atoms with Gasteiger partial charge in [0.05, 0.1) is 12.7 Å². The number of carbonyl (C=O) groups is 1. The molecule has 17 heavy (non-hydrogen) atoms. The van der Waals surface area contributed by atoms with E-state index in [1.807, 2.05) is 0 Å². The Bertz CT molecular complexity index is 287. The van der Waals surface area contributed by atoms with Gasteiger partial charge in [0.2, 0.25) is 5.91 Å². The average molecular weight is 242 g/mol. The van der Waals surface area contributed by atoms with Crippen molar-refractivity contribution >= 4 is 5.91 Å². The second kappa shape index (κ2) is 4.92. The van der Waals surface area contributed by atoms with Gasteiger partial charge in [0.25, 0.3) is 0 Å².